The molecule has 3 heterocycles. The molecule has 0 saturated heterocycles. The van der Waals surface area contributed by atoms with Gasteiger partial charge in [-0.2, -0.15) is 4.98 Å². The molecule has 164 valence electrons. The Hall–Kier alpha value is -3.29. The molecule has 0 aliphatic rings. The van der Waals surface area contributed by atoms with Gasteiger partial charge in [0.05, 0.1) is 12.3 Å². The summed E-state index contributed by atoms with van der Waals surface area (Å²) in [6.07, 6.45) is 2.78. The summed E-state index contributed by atoms with van der Waals surface area (Å²) < 4.78 is 12.5. The molecule has 3 aromatic heterocycles. The lowest BCUT2D eigenvalue weighted by Gasteiger charge is -2.12. The Labute approximate surface area is 180 Å². The Balaban J connectivity index is 2.07. The summed E-state index contributed by atoms with van der Waals surface area (Å²) in [6.45, 7) is 8.96. The van der Waals surface area contributed by atoms with Crippen molar-refractivity contribution in [3.8, 4) is 11.4 Å². The van der Waals surface area contributed by atoms with E-state index in [1.165, 1.54) is 9.13 Å². The molecule has 0 saturated carbocycles. The van der Waals surface area contributed by atoms with E-state index in [0.29, 0.717) is 30.1 Å². The van der Waals surface area contributed by atoms with Crippen LogP contribution < -0.4 is 16.0 Å². The van der Waals surface area contributed by atoms with Crippen LogP contribution in [0.15, 0.2) is 33.9 Å². The van der Waals surface area contributed by atoms with Gasteiger partial charge in [-0.1, -0.05) is 31.9 Å². The van der Waals surface area contributed by atoms with Gasteiger partial charge in [-0.3, -0.25) is 22.9 Å². The second-order valence-electron chi connectivity index (χ2n) is 7.83. The summed E-state index contributed by atoms with van der Waals surface area (Å²) in [7, 11) is 1.67. The molecule has 0 spiro atoms. The van der Waals surface area contributed by atoms with E-state index >= 15 is 0 Å². The number of benzene rings is 1. The molecule has 0 atom stereocenters. The van der Waals surface area contributed by atoms with Gasteiger partial charge >= 0.3 is 5.69 Å². The molecule has 0 aliphatic carbocycles. The molecular formula is C23H29N5O3. The number of hydrogen-bond donors (Lipinski definition) is 0. The number of hydrogen-bond acceptors (Lipinski definition) is 4. The first-order chi connectivity index (χ1) is 14.9. The van der Waals surface area contributed by atoms with Gasteiger partial charge < -0.3 is 4.74 Å². The van der Waals surface area contributed by atoms with Crippen LogP contribution in [0.2, 0.25) is 0 Å². The topological polar surface area (TPSA) is 75.5 Å². The smallest absolute Gasteiger partial charge is 0.332 e. The lowest BCUT2D eigenvalue weighted by Crippen LogP contribution is -2.39. The highest BCUT2D eigenvalue weighted by molar-refractivity contribution is 5.77. The monoisotopic (exact) mass is 423 g/mol. The highest BCUT2D eigenvalue weighted by atomic mass is 16.5. The zero-order valence-corrected chi connectivity index (χ0v) is 18.8. The lowest BCUT2D eigenvalue weighted by molar-refractivity contribution is 0.339. The molecule has 0 fully saturated rings. The molecule has 4 rings (SSSR count). The molecule has 8 heteroatoms. The zero-order valence-electron chi connectivity index (χ0n) is 18.8. The first-order valence-corrected chi connectivity index (χ1v) is 10.8. The SMILES string of the molecule is CCCCCn1c(=O)c2c(nc3n(-c4ccccc4OCC)c(C)c(C)n23)n(C)c1=O. The van der Waals surface area contributed by atoms with Crippen molar-refractivity contribution >= 4 is 16.9 Å². The van der Waals surface area contributed by atoms with Gasteiger partial charge in [-0.25, -0.2) is 4.79 Å². The molecule has 0 N–H and O–H groups in total. The number of unbranched alkanes of at least 4 members (excludes halogenated alkanes) is 2. The molecule has 31 heavy (non-hydrogen) atoms. The summed E-state index contributed by atoms with van der Waals surface area (Å²) in [5.74, 6) is 1.33. The van der Waals surface area contributed by atoms with Crippen LogP contribution in [-0.2, 0) is 13.6 Å². The molecular weight excluding hydrogens is 394 g/mol. The van der Waals surface area contributed by atoms with E-state index in [1.807, 2.05) is 54.0 Å². The Morgan fingerprint density at radius 1 is 1.03 bits per heavy atom. The predicted octanol–water partition coefficient (Wildman–Crippen LogP) is 3.34. The van der Waals surface area contributed by atoms with Crippen LogP contribution in [0.25, 0.3) is 22.6 Å². The Bertz CT molecular complexity index is 1390. The van der Waals surface area contributed by atoms with Crippen LogP contribution >= 0.6 is 0 Å². The summed E-state index contributed by atoms with van der Waals surface area (Å²) in [5, 5.41) is 0. The fourth-order valence-electron chi connectivity index (χ4n) is 4.18. The highest BCUT2D eigenvalue weighted by Crippen LogP contribution is 2.29. The average molecular weight is 424 g/mol. The van der Waals surface area contributed by atoms with Gasteiger partial charge in [-0.15, -0.1) is 0 Å². The minimum absolute atomic E-state index is 0.292. The van der Waals surface area contributed by atoms with Crippen molar-refractivity contribution in [3.05, 3.63) is 56.5 Å². The van der Waals surface area contributed by atoms with Crippen LogP contribution in [0.4, 0.5) is 0 Å². The van der Waals surface area contributed by atoms with E-state index in [1.54, 1.807) is 7.05 Å². The number of fused-ring (bicyclic) bond motifs is 3. The number of aryl methyl sites for hydroxylation is 2. The third kappa shape index (κ3) is 3.17. The highest BCUT2D eigenvalue weighted by Gasteiger charge is 2.24. The van der Waals surface area contributed by atoms with E-state index in [9.17, 15) is 9.59 Å². The maximum atomic E-state index is 13.4. The van der Waals surface area contributed by atoms with Gasteiger partial charge in [0.1, 0.15) is 5.75 Å². The van der Waals surface area contributed by atoms with Crippen LogP contribution in [-0.4, -0.2) is 29.7 Å². The molecule has 0 bridgehead atoms. The zero-order chi connectivity index (χ0) is 22.3. The van der Waals surface area contributed by atoms with Gasteiger partial charge in [0.15, 0.2) is 11.2 Å². The van der Waals surface area contributed by atoms with Crippen molar-refractivity contribution in [3.63, 3.8) is 0 Å². The normalized spacial score (nSPS) is 11.6. The van der Waals surface area contributed by atoms with Crippen molar-refractivity contribution in [1.29, 1.82) is 0 Å². The Morgan fingerprint density at radius 3 is 2.48 bits per heavy atom. The summed E-state index contributed by atoms with van der Waals surface area (Å²) >= 11 is 0. The third-order valence-electron chi connectivity index (χ3n) is 5.91. The molecule has 0 radical (unpaired) electrons. The van der Waals surface area contributed by atoms with Crippen molar-refractivity contribution in [1.82, 2.24) is 23.1 Å². The quantitative estimate of drug-likeness (QED) is 0.427. The minimum Gasteiger partial charge on any atom is -0.492 e. The van der Waals surface area contributed by atoms with E-state index in [0.717, 1.165) is 42.1 Å². The minimum atomic E-state index is -0.329. The number of aromatic nitrogens is 5. The number of rotatable bonds is 7. The maximum absolute atomic E-state index is 13.4. The Kier molecular flexibility index (Phi) is 5.47. The largest absolute Gasteiger partial charge is 0.492 e. The van der Waals surface area contributed by atoms with Gasteiger partial charge in [-0.05, 0) is 39.3 Å². The fourth-order valence-corrected chi connectivity index (χ4v) is 4.18. The first kappa shape index (κ1) is 21.0. The van der Waals surface area contributed by atoms with Crippen molar-refractivity contribution in [2.45, 2.75) is 53.5 Å². The average Bonchev–Trinajstić information content (AvgIpc) is 3.26. The maximum Gasteiger partial charge on any atom is 0.332 e. The number of imidazole rings is 2. The molecule has 1 aromatic carbocycles. The van der Waals surface area contributed by atoms with Crippen molar-refractivity contribution in [2.75, 3.05) is 6.61 Å². The van der Waals surface area contributed by atoms with Crippen LogP contribution in [0.5, 0.6) is 5.75 Å². The molecule has 0 aliphatic heterocycles. The standard InChI is InChI=1S/C23H29N5O3/c1-6-8-11-14-26-21(29)19-20(25(5)23(26)30)24-22-27(15(3)16(4)28(19)22)17-12-9-10-13-18(17)31-7-2/h9-10,12-13H,6-8,11,14H2,1-5H3. The van der Waals surface area contributed by atoms with E-state index in [-0.39, 0.29) is 11.2 Å². The number of ether oxygens (including phenoxy) is 1. The number of nitrogens with zero attached hydrogens (tertiary/aromatic N) is 5. The molecule has 4 aromatic rings. The fraction of sp³-hybridized carbons (Fsp3) is 0.435. The molecule has 0 unspecified atom stereocenters. The second kappa shape index (κ2) is 8.09. The van der Waals surface area contributed by atoms with E-state index < -0.39 is 0 Å². The van der Waals surface area contributed by atoms with Crippen LogP contribution in [0.1, 0.15) is 44.5 Å². The van der Waals surface area contributed by atoms with Crippen LogP contribution in [0.3, 0.4) is 0 Å². The third-order valence-corrected chi connectivity index (χ3v) is 5.91. The van der Waals surface area contributed by atoms with E-state index in [4.69, 9.17) is 9.72 Å². The van der Waals surface area contributed by atoms with Crippen LogP contribution in [0, 0.1) is 13.8 Å². The Morgan fingerprint density at radius 2 is 1.77 bits per heavy atom. The number of para-hydroxylation sites is 2. The van der Waals surface area contributed by atoms with Gasteiger partial charge in [0.25, 0.3) is 5.56 Å². The van der Waals surface area contributed by atoms with Gasteiger partial charge in [0, 0.05) is 25.0 Å². The second-order valence-corrected chi connectivity index (χ2v) is 7.83. The van der Waals surface area contributed by atoms with Crippen molar-refractivity contribution < 1.29 is 4.74 Å². The van der Waals surface area contributed by atoms with Crippen molar-refractivity contribution in [2.24, 2.45) is 7.05 Å². The summed E-state index contributed by atoms with van der Waals surface area (Å²) in [5.41, 5.74) is 2.92. The summed E-state index contributed by atoms with van der Waals surface area (Å²) in [4.78, 5) is 31.0. The molecule has 8 nitrogen and oxygen atoms in total. The van der Waals surface area contributed by atoms with E-state index in [2.05, 4.69) is 6.92 Å². The lowest BCUT2D eigenvalue weighted by atomic mass is 10.2. The first-order valence-electron chi connectivity index (χ1n) is 10.8. The molecule has 0 amide bonds. The predicted molar refractivity (Wildman–Crippen MR) is 122 cm³/mol. The van der Waals surface area contributed by atoms with Gasteiger partial charge in [0.2, 0.25) is 5.78 Å². The summed E-state index contributed by atoms with van der Waals surface area (Å²) in [6, 6.07) is 7.77.